The van der Waals surface area contributed by atoms with E-state index in [-0.39, 0.29) is 17.8 Å². The number of hydrogen-bond acceptors (Lipinski definition) is 3. The summed E-state index contributed by atoms with van der Waals surface area (Å²) in [4.78, 5) is 32.1. The summed E-state index contributed by atoms with van der Waals surface area (Å²) in [6.07, 6.45) is 1.54. The highest BCUT2D eigenvalue weighted by atomic mass is 19.1. The molecule has 32 heavy (non-hydrogen) atoms. The molecule has 4 rings (SSSR count). The van der Waals surface area contributed by atoms with E-state index >= 15 is 0 Å². The van der Waals surface area contributed by atoms with Crippen molar-refractivity contribution in [3.63, 3.8) is 0 Å². The maximum absolute atomic E-state index is 13.6. The number of aryl methyl sites for hydroxylation is 1. The van der Waals surface area contributed by atoms with E-state index in [4.69, 9.17) is 0 Å². The number of fused-ring (bicyclic) bond motifs is 1. The van der Waals surface area contributed by atoms with Gasteiger partial charge in [-0.15, -0.1) is 0 Å². The number of aromatic nitrogens is 2. The number of hydrogen-bond donors (Lipinski definition) is 0. The summed E-state index contributed by atoms with van der Waals surface area (Å²) >= 11 is 0. The van der Waals surface area contributed by atoms with Gasteiger partial charge >= 0.3 is 0 Å². The lowest BCUT2D eigenvalue weighted by molar-refractivity contribution is 0.0775. The monoisotopic (exact) mass is 433 g/mol. The standard InChI is InChI=1S/C25H21F2N3O2/c1-15-6-8-17(9-7-15)21-20-5-4-10-28-22(20)24(31)30(3)23(21)25(32)29(2)14-16-11-18(26)13-19(27)12-16/h4-13H,14H2,1-3H3. The van der Waals surface area contributed by atoms with Crippen molar-refractivity contribution in [1.29, 1.82) is 0 Å². The molecule has 0 aliphatic heterocycles. The zero-order valence-electron chi connectivity index (χ0n) is 17.9. The summed E-state index contributed by atoms with van der Waals surface area (Å²) in [5.74, 6) is -1.88. The number of amides is 1. The Bertz CT molecular complexity index is 1370. The van der Waals surface area contributed by atoms with Crippen molar-refractivity contribution in [2.45, 2.75) is 13.5 Å². The van der Waals surface area contributed by atoms with Crippen molar-refractivity contribution in [2.75, 3.05) is 7.05 Å². The molecule has 0 bridgehead atoms. The van der Waals surface area contributed by atoms with Crippen molar-refractivity contribution < 1.29 is 13.6 Å². The number of carbonyl (C=O) groups excluding carboxylic acids is 1. The lowest BCUT2D eigenvalue weighted by atomic mass is 9.97. The molecule has 162 valence electrons. The number of pyridine rings is 2. The van der Waals surface area contributed by atoms with Gasteiger partial charge in [-0.05, 0) is 36.2 Å². The van der Waals surface area contributed by atoms with E-state index in [1.54, 1.807) is 12.1 Å². The Balaban J connectivity index is 1.90. The second-order valence-corrected chi connectivity index (χ2v) is 7.79. The van der Waals surface area contributed by atoms with E-state index in [0.717, 1.165) is 17.2 Å². The lowest BCUT2D eigenvalue weighted by Gasteiger charge is -2.22. The van der Waals surface area contributed by atoms with Crippen LogP contribution in [0.5, 0.6) is 0 Å². The third-order valence-electron chi connectivity index (χ3n) is 5.39. The van der Waals surface area contributed by atoms with Gasteiger partial charge in [-0.1, -0.05) is 35.9 Å². The van der Waals surface area contributed by atoms with Gasteiger partial charge in [0, 0.05) is 43.9 Å². The molecule has 0 atom stereocenters. The van der Waals surface area contributed by atoms with Crippen LogP contribution in [0.15, 0.2) is 65.6 Å². The fraction of sp³-hybridized carbons (Fsp3) is 0.160. The van der Waals surface area contributed by atoms with Crippen LogP contribution in [0.1, 0.15) is 21.6 Å². The molecule has 0 aliphatic rings. The third-order valence-corrected chi connectivity index (χ3v) is 5.39. The second-order valence-electron chi connectivity index (χ2n) is 7.79. The van der Waals surface area contributed by atoms with Gasteiger partial charge in [0.1, 0.15) is 22.8 Å². The van der Waals surface area contributed by atoms with Crippen LogP contribution in [0.4, 0.5) is 8.78 Å². The number of nitrogens with zero attached hydrogens (tertiary/aromatic N) is 3. The zero-order valence-corrected chi connectivity index (χ0v) is 17.9. The molecule has 5 nitrogen and oxygen atoms in total. The van der Waals surface area contributed by atoms with E-state index in [1.165, 1.54) is 41.9 Å². The first kappa shape index (κ1) is 21.4. The summed E-state index contributed by atoms with van der Waals surface area (Å²) in [5, 5.41) is 0.563. The average Bonchev–Trinajstić information content (AvgIpc) is 2.75. The van der Waals surface area contributed by atoms with Crippen LogP contribution in [-0.2, 0) is 13.6 Å². The third kappa shape index (κ3) is 3.89. The summed E-state index contributed by atoms with van der Waals surface area (Å²) in [6.45, 7) is 1.93. The molecule has 0 spiro atoms. The highest BCUT2D eigenvalue weighted by Crippen LogP contribution is 2.31. The van der Waals surface area contributed by atoms with Gasteiger partial charge in [0.25, 0.3) is 11.5 Å². The van der Waals surface area contributed by atoms with Crippen LogP contribution in [0.2, 0.25) is 0 Å². The predicted molar refractivity (Wildman–Crippen MR) is 119 cm³/mol. The molecule has 1 amide bonds. The first-order valence-electron chi connectivity index (χ1n) is 10.0. The number of halogens is 2. The van der Waals surface area contributed by atoms with Gasteiger partial charge in [0.15, 0.2) is 0 Å². The Kier molecular flexibility index (Phi) is 5.57. The number of rotatable bonds is 4. The summed E-state index contributed by atoms with van der Waals surface area (Å²) in [5.41, 5.74) is 2.75. The van der Waals surface area contributed by atoms with E-state index in [9.17, 15) is 18.4 Å². The van der Waals surface area contributed by atoms with Crippen molar-refractivity contribution in [3.05, 3.63) is 99.6 Å². The fourth-order valence-corrected chi connectivity index (χ4v) is 3.82. The largest absolute Gasteiger partial charge is 0.336 e. The van der Waals surface area contributed by atoms with Gasteiger partial charge in [-0.25, -0.2) is 8.78 Å². The quantitative estimate of drug-likeness (QED) is 0.478. The Morgan fingerprint density at radius 2 is 1.72 bits per heavy atom. The van der Waals surface area contributed by atoms with E-state index < -0.39 is 23.1 Å². The minimum atomic E-state index is -0.717. The van der Waals surface area contributed by atoms with Crippen LogP contribution >= 0.6 is 0 Å². The molecular weight excluding hydrogens is 412 g/mol. The highest BCUT2D eigenvalue weighted by Gasteiger charge is 2.25. The maximum atomic E-state index is 13.6. The molecule has 0 radical (unpaired) electrons. The number of carbonyl (C=O) groups is 1. The second kappa shape index (κ2) is 8.34. The zero-order chi connectivity index (χ0) is 23.0. The Hall–Kier alpha value is -3.87. The Labute approximate surface area is 183 Å². The normalized spacial score (nSPS) is 11.0. The van der Waals surface area contributed by atoms with Crippen LogP contribution in [0.3, 0.4) is 0 Å². The van der Waals surface area contributed by atoms with Gasteiger partial charge in [0.2, 0.25) is 0 Å². The van der Waals surface area contributed by atoms with Crippen LogP contribution in [0, 0.1) is 18.6 Å². The Morgan fingerprint density at radius 3 is 2.38 bits per heavy atom. The molecule has 0 aliphatic carbocycles. The molecule has 0 saturated heterocycles. The molecule has 2 aromatic heterocycles. The average molecular weight is 433 g/mol. The van der Waals surface area contributed by atoms with Crippen molar-refractivity contribution in [1.82, 2.24) is 14.5 Å². The molecule has 4 aromatic rings. The highest BCUT2D eigenvalue weighted by molar-refractivity contribution is 6.07. The minimum absolute atomic E-state index is 0.0277. The van der Waals surface area contributed by atoms with Crippen LogP contribution in [-0.4, -0.2) is 27.4 Å². The molecule has 2 aromatic carbocycles. The Morgan fingerprint density at radius 1 is 1.06 bits per heavy atom. The minimum Gasteiger partial charge on any atom is -0.336 e. The van der Waals surface area contributed by atoms with Crippen molar-refractivity contribution >= 4 is 16.8 Å². The first-order valence-corrected chi connectivity index (χ1v) is 10.0. The first-order chi connectivity index (χ1) is 15.3. The summed E-state index contributed by atoms with van der Waals surface area (Å²) in [7, 11) is 3.05. The van der Waals surface area contributed by atoms with Crippen molar-refractivity contribution in [3.8, 4) is 11.1 Å². The summed E-state index contributed by atoms with van der Waals surface area (Å²) in [6, 6.07) is 14.2. The lowest BCUT2D eigenvalue weighted by Crippen LogP contribution is -2.33. The van der Waals surface area contributed by atoms with E-state index in [1.807, 2.05) is 31.2 Å². The molecule has 2 heterocycles. The maximum Gasteiger partial charge on any atom is 0.277 e. The fourth-order valence-electron chi connectivity index (χ4n) is 3.82. The molecule has 0 saturated carbocycles. The topological polar surface area (TPSA) is 55.2 Å². The summed E-state index contributed by atoms with van der Waals surface area (Å²) < 4.78 is 28.5. The van der Waals surface area contributed by atoms with Crippen LogP contribution in [0.25, 0.3) is 22.0 Å². The van der Waals surface area contributed by atoms with E-state index in [0.29, 0.717) is 16.5 Å². The number of benzene rings is 2. The molecule has 0 unspecified atom stereocenters. The van der Waals surface area contributed by atoms with E-state index in [2.05, 4.69) is 4.98 Å². The predicted octanol–water partition coefficient (Wildman–Crippen LogP) is 4.46. The van der Waals surface area contributed by atoms with Gasteiger partial charge < -0.3 is 9.47 Å². The van der Waals surface area contributed by atoms with Gasteiger partial charge in [0.05, 0.1) is 0 Å². The molecule has 0 fully saturated rings. The molecule has 7 heteroatoms. The van der Waals surface area contributed by atoms with Crippen molar-refractivity contribution in [2.24, 2.45) is 7.05 Å². The van der Waals surface area contributed by atoms with Gasteiger partial charge in [-0.3, -0.25) is 14.6 Å². The van der Waals surface area contributed by atoms with Gasteiger partial charge in [-0.2, -0.15) is 0 Å². The molecular formula is C25H21F2N3O2. The molecule has 0 N–H and O–H groups in total. The van der Waals surface area contributed by atoms with Crippen LogP contribution < -0.4 is 5.56 Å². The SMILES string of the molecule is Cc1ccc(-c2c(C(=O)N(C)Cc3cc(F)cc(F)c3)n(C)c(=O)c3ncccc23)cc1. The smallest absolute Gasteiger partial charge is 0.277 e.